The zero-order chi connectivity index (χ0) is 14.4. The maximum atomic E-state index is 12.8. The van der Waals surface area contributed by atoms with E-state index in [1.807, 2.05) is 20.8 Å². The molecule has 0 aromatic heterocycles. The lowest BCUT2D eigenvalue weighted by Gasteiger charge is -2.45. The minimum atomic E-state index is -5.21. The lowest BCUT2D eigenvalue weighted by molar-refractivity contribution is -0.352. The van der Waals surface area contributed by atoms with Crippen molar-refractivity contribution >= 4 is 0 Å². The molecule has 0 heterocycles. The summed E-state index contributed by atoms with van der Waals surface area (Å²) in [4.78, 5) is 0. The van der Waals surface area contributed by atoms with Crippen molar-refractivity contribution < 1.29 is 26.3 Å². The molecule has 0 N–H and O–H groups in total. The van der Waals surface area contributed by atoms with Gasteiger partial charge in [-0.3, -0.25) is 0 Å². The van der Waals surface area contributed by atoms with Crippen molar-refractivity contribution in [2.75, 3.05) is 0 Å². The summed E-state index contributed by atoms with van der Waals surface area (Å²) in [5.74, 6) is -0.0877. The van der Waals surface area contributed by atoms with E-state index in [2.05, 4.69) is 0 Å². The van der Waals surface area contributed by atoms with Crippen molar-refractivity contribution in [2.45, 2.75) is 58.8 Å². The van der Waals surface area contributed by atoms with E-state index in [1.54, 1.807) is 0 Å². The Kier molecular flexibility index (Phi) is 3.74. The van der Waals surface area contributed by atoms with Crippen LogP contribution in [0.4, 0.5) is 26.3 Å². The fourth-order valence-corrected chi connectivity index (χ4v) is 2.70. The molecule has 0 nitrogen and oxygen atoms in total. The number of hydrogen-bond donors (Lipinski definition) is 0. The lowest BCUT2D eigenvalue weighted by atomic mass is 9.63. The largest absolute Gasteiger partial charge is 0.403 e. The Balaban J connectivity index is 2.95. The minimum Gasteiger partial charge on any atom is -0.170 e. The van der Waals surface area contributed by atoms with Gasteiger partial charge in [-0.05, 0) is 37.0 Å². The summed E-state index contributed by atoms with van der Waals surface area (Å²) in [6, 6.07) is 0. The number of hydrogen-bond acceptors (Lipinski definition) is 0. The maximum Gasteiger partial charge on any atom is 0.403 e. The highest BCUT2D eigenvalue weighted by atomic mass is 19.4. The van der Waals surface area contributed by atoms with Gasteiger partial charge in [-0.1, -0.05) is 20.8 Å². The average molecular weight is 276 g/mol. The van der Waals surface area contributed by atoms with Crippen LogP contribution in [0, 0.1) is 16.7 Å². The zero-order valence-electron chi connectivity index (χ0n) is 10.7. The fourth-order valence-electron chi connectivity index (χ4n) is 2.70. The molecular weight excluding hydrogens is 258 g/mol. The molecule has 0 saturated heterocycles. The van der Waals surface area contributed by atoms with E-state index in [9.17, 15) is 26.3 Å². The molecule has 1 rings (SSSR count). The van der Waals surface area contributed by atoms with Crippen molar-refractivity contribution in [3.05, 3.63) is 0 Å². The smallest absolute Gasteiger partial charge is 0.170 e. The van der Waals surface area contributed by atoms with Crippen LogP contribution in [-0.4, -0.2) is 12.4 Å². The Bertz CT molecular complexity index is 269. The van der Waals surface area contributed by atoms with Gasteiger partial charge in [-0.25, -0.2) is 0 Å². The molecule has 0 bridgehead atoms. The molecule has 18 heavy (non-hydrogen) atoms. The second-order valence-electron chi connectivity index (χ2n) is 6.22. The molecule has 6 heteroatoms. The summed E-state index contributed by atoms with van der Waals surface area (Å²) in [7, 11) is 0. The first-order chi connectivity index (χ1) is 7.81. The van der Waals surface area contributed by atoms with Gasteiger partial charge >= 0.3 is 12.4 Å². The van der Waals surface area contributed by atoms with E-state index in [0.717, 1.165) is 0 Å². The van der Waals surface area contributed by atoms with Crippen LogP contribution in [0.1, 0.15) is 46.5 Å². The summed E-state index contributed by atoms with van der Waals surface area (Å²) in [5, 5.41) is 0. The summed E-state index contributed by atoms with van der Waals surface area (Å²) < 4.78 is 76.8. The summed E-state index contributed by atoms with van der Waals surface area (Å²) in [6.45, 7) is 5.56. The molecule has 0 spiro atoms. The van der Waals surface area contributed by atoms with Gasteiger partial charge in [0.25, 0.3) is 0 Å². The summed E-state index contributed by atoms with van der Waals surface area (Å²) in [6.07, 6.45) is -12.2. The van der Waals surface area contributed by atoms with E-state index in [1.165, 1.54) is 0 Å². The van der Waals surface area contributed by atoms with Crippen molar-refractivity contribution in [1.82, 2.24) is 0 Å². The molecule has 1 saturated carbocycles. The molecule has 1 fully saturated rings. The molecule has 1 aliphatic rings. The van der Waals surface area contributed by atoms with Crippen LogP contribution in [0.3, 0.4) is 0 Å². The molecule has 108 valence electrons. The van der Waals surface area contributed by atoms with Gasteiger partial charge < -0.3 is 0 Å². The van der Waals surface area contributed by atoms with E-state index < -0.39 is 30.6 Å². The highest BCUT2D eigenvalue weighted by Gasteiger charge is 2.70. The summed E-state index contributed by atoms with van der Waals surface area (Å²) in [5.41, 5.74) is -3.74. The highest BCUT2D eigenvalue weighted by Crippen LogP contribution is 2.60. The number of alkyl halides is 6. The van der Waals surface area contributed by atoms with Crippen LogP contribution in [0.2, 0.25) is 0 Å². The summed E-state index contributed by atoms with van der Waals surface area (Å²) >= 11 is 0. The highest BCUT2D eigenvalue weighted by molar-refractivity contribution is 4.98. The molecular formula is C12H18F6. The van der Waals surface area contributed by atoms with Crippen molar-refractivity contribution in [1.29, 1.82) is 0 Å². The van der Waals surface area contributed by atoms with Crippen molar-refractivity contribution in [2.24, 2.45) is 16.7 Å². The minimum absolute atomic E-state index is 0.0253. The predicted molar refractivity (Wildman–Crippen MR) is 56.0 cm³/mol. The molecule has 0 aromatic carbocycles. The zero-order valence-corrected chi connectivity index (χ0v) is 10.7. The topological polar surface area (TPSA) is 0 Å². The second-order valence-corrected chi connectivity index (χ2v) is 6.22. The first-order valence-electron chi connectivity index (χ1n) is 5.95. The van der Waals surface area contributed by atoms with Gasteiger partial charge in [0.2, 0.25) is 0 Å². The quantitative estimate of drug-likeness (QED) is 0.524. The average Bonchev–Trinajstić information content (AvgIpc) is 2.13. The van der Waals surface area contributed by atoms with Gasteiger partial charge in [0.05, 0.1) is 0 Å². The second kappa shape index (κ2) is 4.30. The molecule has 0 radical (unpaired) electrons. The van der Waals surface area contributed by atoms with Gasteiger partial charge in [0.15, 0.2) is 5.41 Å². The molecule has 1 aliphatic carbocycles. The fraction of sp³-hybridized carbons (Fsp3) is 1.00. The Labute approximate surface area is 103 Å². The third-order valence-electron chi connectivity index (χ3n) is 4.15. The first-order valence-corrected chi connectivity index (χ1v) is 5.95. The van der Waals surface area contributed by atoms with Crippen LogP contribution in [0.25, 0.3) is 0 Å². The molecule has 0 aromatic rings. The lowest BCUT2D eigenvalue weighted by Crippen LogP contribution is -2.52. The van der Waals surface area contributed by atoms with E-state index in [4.69, 9.17) is 0 Å². The van der Waals surface area contributed by atoms with Crippen LogP contribution < -0.4 is 0 Å². The maximum absolute atomic E-state index is 12.8. The van der Waals surface area contributed by atoms with Gasteiger partial charge in [0.1, 0.15) is 0 Å². The molecule has 0 aliphatic heterocycles. The number of halogens is 6. The Morgan fingerprint density at radius 1 is 0.778 bits per heavy atom. The predicted octanol–water partition coefficient (Wildman–Crippen LogP) is 5.33. The normalized spacial score (nSPS) is 23.2. The third-order valence-corrected chi connectivity index (χ3v) is 4.15. The van der Waals surface area contributed by atoms with E-state index in [-0.39, 0.29) is 24.2 Å². The van der Waals surface area contributed by atoms with Crippen LogP contribution in [-0.2, 0) is 0 Å². The number of rotatable bonds is 0. The van der Waals surface area contributed by atoms with E-state index in [0.29, 0.717) is 0 Å². The first kappa shape index (κ1) is 15.6. The third kappa shape index (κ3) is 2.62. The Morgan fingerprint density at radius 3 is 1.33 bits per heavy atom. The van der Waals surface area contributed by atoms with Crippen LogP contribution >= 0.6 is 0 Å². The van der Waals surface area contributed by atoms with Crippen LogP contribution in [0.5, 0.6) is 0 Å². The Hall–Kier alpha value is -0.420. The van der Waals surface area contributed by atoms with Gasteiger partial charge in [0, 0.05) is 0 Å². The molecule has 0 amide bonds. The van der Waals surface area contributed by atoms with E-state index >= 15 is 0 Å². The van der Waals surface area contributed by atoms with Gasteiger partial charge in [-0.15, -0.1) is 0 Å². The SMILES string of the molecule is CC(C)(C)C1CCC(C(F)(F)F)(C(F)(F)F)CC1. The monoisotopic (exact) mass is 276 g/mol. The van der Waals surface area contributed by atoms with Crippen molar-refractivity contribution in [3.63, 3.8) is 0 Å². The molecule has 0 unspecified atom stereocenters. The Morgan fingerprint density at radius 2 is 1.11 bits per heavy atom. The van der Waals surface area contributed by atoms with Crippen molar-refractivity contribution in [3.8, 4) is 0 Å². The van der Waals surface area contributed by atoms with Gasteiger partial charge in [-0.2, -0.15) is 26.3 Å². The van der Waals surface area contributed by atoms with Crippen LogP contribution in [0.15, 0.2) is 0 Å². The standard InChI is InChI=1S/C12H18F6/c1-9(2,3)8-4-6-10(7-5-8,11(13,14)15)12(16,17)18/h8H,4-7H2,1-3H3. The molecule has 0 atom stereocenters.